The minimum absolute atomic E-state index is 0.151. The number of sulfonamides is 1. The monoisotopic (exact) mass is 355 g/mol. The first-order chi connectivity index (χ1) is 11.4. The molecule has 1 heterocycles. The van der Waals surface area contributed by atoms with Crippen LogP contribution in [-0.2, 0) is 10.0 Å². The summed E-state index contributed by atoms with van der Waals surface area (Å²) < 4.78 is 40.1. The molecule has 1 N–H and O–H groups in total. The Balaban J connectivity index is 1.60. The lowest BCUT2D eigenvalue weighted by atomic mass is 10.2. The van der Waals surface area contributed by atoms with E-state index in [9.17, 15) is 17.6 Å². The molecule has 2 aliphatic rings. The molecule has 1 aliphatic heterocycles. The summed E-state index contributed by atoms with van der Waals surface area (Å²) in [4.78, 5) is 13.5. The molecule has 8 heteroatoms. The SMILES string of the molecule is CC(NC(=O)N1CCN(S(=O)(=O)c2ccccc2F)CC1)C1CC1. The molecule has 1 saturated heterocycles. The standard InChI is InChI=1S/C16H22FN3O3S/c1-12(13-6-7-13)18-16(21)19-8-10-20(11-9-19)24(22,23)15-5-3-2-4-14(15)17/h2-5,12-13H,6-11H2,1H3,(H,18,21). The van der Waals surface area contributed by atoms with Crippen molar-refractivity contribution in [2.75, 3.05) is 26.2 Å². The minimum Gasteiger partial charge on any atom is -0.335 e. The molecule has 132 valence electrons. The van der Waals surface area contributed by atoms with Crippen LogP contribution in [-0.4, -0.2) is 55.9 Å². The van der Waals surface area contributed by atoms with Crippen molar-refractivity contribution < 1.29 is 17.6 Å². The number of hydrogen-bond donors (Lipinski definition) is 1. The largest absolute Gasteiger partial charge is 0.335 e. The van der Waals surface area contributed by atoms with Crippen LogP contribution in [0.1, 0.15) is 19.8 Å². The molecule has 2 amide bonds. The van der Waals surface area contributed by atoms with Gasteiger partial charge in [0.2, 0.25) is 10.0 Å². The van der Waals surface area contributed by atoms with Gasteiger partial charge in [0.15, 0.2) is 0 Å². The number of carbonyl (C=O) groups excluding carboxylic acids is 1. The van der Waals surface area contributed by atoms with E-state index in [2.05, 4.69) is 5.32 Å². The smallest absolute Gasteiger partial charge is 0.317 e. The molecule has 0 spiro atoms. The van der Waals surface area contributed by atoms with Crippen molar-refractivity contribution in [2.24, 2.45) is 5.92 Å². The average molecular weight is 355 g/mol. The van der Waals surface area contributed by atoms with Crippen LogP contribution in [0.2, 0.25) is 0 Å². The van der Waals surface area contributed by atoms with Crippen LogP contribution < -0.4 is 5.32 Å². The van der Waals surface area contributed by atoms with Crippen molar-refractivity contribution >= 4 is 16.1 Å². The second-order valence-corrected chi connectivity index (χ2v) is 8.30. The van der Waals surface area contributed by atoms with E-state index in [1.165, 1.54) is 22.5 Å². The second kappa shape index (κ2) is 6.68. The quantitative estimate of drug-likeness (QED) is 0.893. The Morgan fingerprint density at radius 2 is 1.83 bits per heavy atom. The third-order valence-corrected chi connectivity index (χ3v) is 6.59. The normalized spacial score (nSPS) is 20.7. The van der Waals surface area contributed by atoms with Gasteiger partial charge in [0.05, 0.1) is 0 Å². The number of carbonyl (C=O) groups is 1. The Bertz CT molecular complexity index is 713. The van der Waals surface area contributed by atoms with Gasteiger partial charge in [-0.3, -0.25) is 0 Å². The van der Waals surface area contributed by atoms with Gasteiger partial charge in [-0.05, 0) is 37.8 Å². The van der Waals surface area contributed by atoms with E-state index in [1.807, 2.05) is 6.92 Å². The third-order valence-electron chi connectivity index (χ3n) is 4.66. The molecule has 1 aromatic rings. The van der Waals surface area contributed by atoms with Crippen LogP contribution in [0.15, 0.2) is 29.2 Å². The first kappa shape index (κ1) is 17.2. The molecule has 3 rings (SSSR count). The van der Waals surface area contributed by atoms with E-state index < -0.39 is 15.8 Å². The maximum atomic E-state index is 13.8. The summed E-state index contributed by atoms with van der Waals surface area (Å²) in [6.45, 7) is 2.94. The lowest BCUT2D eigenvalue weighted by molar-refractivity contribution is 0.168. The summed E-state index contributed by atoms with van der Waals surface area (Å²) >= 11 is 0. The Labute approximate surface area is 141 Å². The number of amides is 2. The number of halogens is 1. The maximum Gasteiger partial charge on any atom is 0.317 e. The lowest BCUT2D eigenvalue weighted by Crippen LogP contribution is -2.54. The van der Waals surface area contributed by atoms with Gasteiger partial charge in [0.25, 0.3) is 0 Å². The number of nitrogens with one attached hydrogen (secondary N) is 1. The zero-order chi connectivity index (χ0) is 17.3. The number of nitrogens with zero attached hydrogens (tertiary/aromatic N) is 2. The molecule has 1 aromatic carbocycles. The summed E-state index contributed by atoms with van der Waals surface area (Å²) in [7, 11) is -3.87. The van der Waals surface area contributed by atoms with E-state index in [0.29, 0.717) is 19.0 Å². The molecular weight excluding hydrogens is 333 g/mol. The van der Waals surface area contributed by atoms with Gasteiger partial charge in [-0.25, -0.2) is 17.6 Å². The van der Waals surface area contributed by atoms with E-state index in [-0.39, 0.29) is 30.1 Å². The summed E-state index contributed by atoms with van der Waals surface area (Å²) in [6, 6.07) is 5.35. The van der Waals surface area contributed by atoms with Crippen molar-refractivity contribution in [3.8, 4) is 0 Å². The van der Waals surface area contributed by atoms with E-state index in [1.54, 1.807) is 4.90 Å². The Morgan fingerprint density at radius 3 is 2.42 bits per heavy atom. The van der Waals surface area contributed by atoms with Gasteiger partial charge in [0, 0.05) is 32.2 Å². The van der Waals surface area contributed by atoms with Crippen molar-refractivity contribution in [2.45, 2.75) is 30.7 Å². The summed E-state index contributed by atoms with van der Waals surface area (Å²) in [5.74, 6) is -0.187. The van der Waals surface area contributed by atoms with Crippen LogP contribution in [0.3, 0.4) is 0 Å². The fraction of sp³-hybridized carbons (Fsp3) is 0.562. The maximum absolute atomic E-state index is 13.8. The third kappa shape index (κ3) is 3.54. The minimum atomic E-state index is -3.87. The first-order valence-corrected chi connectivity index (χ1v) is 9.63. The van der Waals surface area contributed by atoms with Crippen molar-refractivity contribution in [1.82, 2.24) is 14.5 Å². The lowest BCUT2D eigenvalue weighted by Gasteiger charge is -2.34. The van der Waals surface area contributed by atoms with Gasteiger partial charge in [-0.15, -0.1) is 0 Å². The molecule has 1 atom stereocenters. The van der Waals surface area contributed by atoms with Crippen LogP contribution in [0.5, 0.6) is 0 Å². The predicted molar refractivity (Wildman–Crippen MR) is 87.4 cm³/mol. The Hall–Kier alpha value is -1.67. The zero-order valence-electron chi connectivity index (χ0n) is 13.6. The van der Waals surface area contributed by atoms with E-state index in [4.69, 9.17) is 0 Å². The predicted octanol–water partition coefficient (Wildman–Crippen LogP) is 1.64. The fourth-order valence-electron chi connectivity index (χ4n) is 2.92. The van der Waals surface area contributed by atoms with Crippen molar-refractivity contribution in [3.63, 3.8) is 0 Å². The van der Waals surface area contributed by atoms with Gasteiger partial charge in [-0.1, -0.05) is 12.1 Å². The molecule has 0 aromatic heterocycles. The molecular formula is C16H22FN3O3S. The molecule has 6 nitrogen and oxygen atoms in total. The number of rotatable bonds is 4. The molecule has 1 saturated carbocycles. The van der Waals surface area contributed by atoms with Crippen LogP contribution in [0.25, 0.3) is 0 Å². The average Bonchev–Trinajstić information content (AvgIpc) is 3.40. The van der Waals surface area contributed by atoms with Gasteiger partial charge in [0.1, 0.15) is 10.7 Å². The topological polar surface area (TPSA) is 69.7 Å². The highest BCUT2D eigenvalue weighted by atomic mass is 32.2. The molecule has 0 bridgehead atoms. The highest BCUT2D eigenvalue weighted by Gasteiger charge is 2.33. The number of benzene rings is 1. The molecule has 2 fully saturated rings. The Morgan fingerprint density at radius 1 is 1.21 bits per heavy atom. The number of piperazine rings is 1. The summed E-state index contributed by atoms with van der Waals surface area (Å²) in [6.07, 6.45) is 2.30. The molecule has 1 aliphatic carbocycles. The van der Waals surface area contributed by atoms with Gasteiger partial charge < -0.3 is 10.2 Å². The van der Waals surface area contributed by atoms with Crippen molar-refractivity contribution in [1.29, 1.82) is 0 Å². The first-order valence-electron chi connectivity index (χ1n) is 8.19. The van der Waals surface area contributed by atoms with Crippen LogP contribution in [0.4, 0.5) is 9.18 Å². The zero-order valence-corrected chi connectivity index (χ0v) is 14.4. The number of hydrogen-bond acceptors (Lipinski definition) is 3. The van der Waals surface area contributed by atoms with E-state index >= 15 is 0 Å². The molecule has 1 unspecified atom stereocenters. The molecule has 24 heavy (non-hydrogen) atoms. The summed E-state index contributed by atoms with van der Waals surface area (Å²) in [5, 5.41) is 2.96. The van der Waals surface area contributed by atoms with Gasteiger partial charge in [-0.2, -0.15) is 4.31 Å². The fourth-order valence-corrected chi connectivity index (χ4v) is 4.41. The van der Waals surface area contributed by atoms with Crippen LogP contribution in [0, 0.1) is 11.7 Å². The summed E-state index contributed by atoms with van der Waals surface area (Å²) in [5.41, 5.74) is 0. The van der Waals surface area contributed by atoms with Gasteiger partial charge >= 0.3 is 6.03 Å². The Kier molecular flexibility index (Phi) is 4.78. The van der Waals surface area contributed by atoms with Crippen LogP contribution >= 0.6 is 0 Å². The highest BCUT2D eigenvalue weighted by Crippen LogP contribution is 2.32. The van der Waals surface area contributed by atoms with Crippen molar-refractivity contribution in [3.05, 3.63) is 30.1 Å². The van der Waals surface area contributed by atoms with E-state index in [0.717, 1.165) is 18.9 Å². The molecule has 0 radical (unpaired) electrons. The number of urea groups is 1. The highest BCUT2D eigenvalue weighted by molar-refractivity contribution is 7.89. The second-order valence-electron chi connectivity index (χ2n) is 6.40.